The van der Waals surface area contributed by atoms with Crippen LogP contribution in [0.4, 0.5) is 5.69 Å². The third-order valence-electron chi connectivity index (χ3n) is 5.39. The van der Waals surface area contributed by atoms with E-state index in [-0.39, 0.29) is 18.2 Å². The van der Waals surface area contributed by atoms with Crippen molar-refractivity contribution in [3.05, 3.63) is 40.8 Å². The van der Waals surface area contributed by atoms with Gasteiger partial charge in [-0.3, -0.25) is 9.59 Å². The molecule has 2 amide bonds. The van der Waals surface area contributed by atoms with Crippen molar-refractivity contribution >= 4 is 17.5 Å². The van der Waals surface area contributed by atoms with Crippen molar-refractivity contribution in [1.82, 2.24) is 10.1 Å². The summed E-state index contributed by atoms with van der Waals surface area (Å²) in [6.45, 7) is 0.384. The summed E-state index contributed by atoms with van der Waals surface area (Å²) in [5, 5.41) is 7.01. The molecule has 0 fully saturated rings. The number of ether oxygens (including phenoxy) is 1. The number of aryl methyl sites for hydroxylation is 1. The van der Waals surface area contributed by atoms with E-state index in [2.05, 4.69) is 10.5 Å². The number of rotatable bonds is 4. The summed E-state index contributed by atoms with van der Waals surface area (Å²) in [5.41, 5.74) is 3.42. The predicted octanol–water partition coefficient (Wildman–Crippen LogP) is 2.65. The average molecular weight is 369 g/mol. The second kappa shape index (κ2) is 7.06. The number of benzene rings is 1. The fraction of sp³-hybridized carbons (Fsp3) is 0.450. The van der Waals surface area contributed by atoms with Gasteiger partial charge < -0.3 is 19.5 Å². The largest absolute Gasteiger partial charge is 0.497 e. The Hall–Kier alpha value is -2.83. The van der Waals surface area contributed by atoms with Gasteiger partial charge in [0.25, 0.3) is 0 Å². The maximum Gasteiger partial charge on any atom is 0.230 e. The van der Waals surface area contributed by atoms with Crippen molar-refractivity contribution in [2.75, 3.05) is 19.5 Å². The summed E-state index contributed by atoms with van der Waals surface area (Å²) in [5.74, 6) is 0.821. The van der Waals surface area contributed by atoms with Crippen LogP contribution in [0.1, 0.15) is 47.8 Å². The smallest absolute Gasteiger partial charge is 0.230 e. The van der Waals surface area contributed by atoms with Gasteiger partial charge in [-0.2, -0.15) is 0 Å². The number of likely N-dealkylation sites (N-methyl/N-ethyl adjacent to an activating group) is 1. The van der Waals surface area contributed by atoms with E-state index in [1.165, 1.54) is 0 Å². The highest BCUT2D eigenvalue weighted by Gasteiger charge is 2.33. The van der Waals surface area contributed by atoms with Crippen LogP contribution in [0.15, 0.2) is 22.7 Å². The van der Waals surface area contributed by atoms with Gasteiger partial charge in [-0.1, -0.05) is 5.16 Å². The molecule has 1 aliphatic carbocycles. The van der Waals surface area contributed by atoms with Gasteiger partial charge in [-0.25, -0.2) is 0 Å². The van der Waals surface area contributed by atoms with Crippen molar-refractivity contribution in [2.45, 2.75) is 44.6 Å². The normalized spacial score (nSPS) is 18.3. The highest BCUT2D eigenvalue weighted by atomic mass is 16.5. The molecule has 2 heterocycles. The molecule has 0 saturated heterocycles. The molecule has 0 saturated carbocycles. The van der Waals surface area contributed by atoms with Crippen LogP contribution in [0, 0.1) is 0 Å². The number of anilines is 1. The Morgan fingerprint density at radius 3 is 3.00 bits per heavy atom. The molecule has 0 spiro atoms. The number of nitrogens with zero attached hydrogens (tertiary/aromatic N) is 2. The lowest BCUT2D eigenvalue weighted by atomic mass is 9.89. The van der Waals surface area contributed by atoms with E-state index in [0.29, 0.717) is 18.0 Å². The summed E-state index contributed by atoms with van der Waals surface area (Å²) in [6, 6.07) is 5.38. The Bertz CT molecular complexity index is 889. The first-order valence-electron chi connectivity index (χ1n) is 9.26. The molecule has 142 valence electrons. The van der Waals surface area contributed by atoms with E-state index in [0.717, 1.165) is 48.3 Å². The van der Waals surface area contributed by atoms with Crippen molar-refractivity contribution in [3.8, 4) is 5.75 Å². The first-order valence-corrected chi connectivity index (χ1v) is 9.26. The van der Waals surface area contributed by atoms with Gasteiger partial charge in [0, 0.05) is 31.1 Å². The fourth-order valence-corrected chi connectivity index (χ4v) is 3.93. The summed E-state index contributed by atoms with van der Waals surface area (Å²) >= 11 is 0. The van der Waals surface area contributed by atoms with Gasteiger partial charge in [0.1, 0.15) is 17.2 Å². The number of hydrogen-bond acceptors (Lipinski definition) is 5. The van der Waals surface area contributed by atoms with E-state index in [9.17, 15) is 9.59 Å². The van der Waals surface area contributed by atoms with E-state index in [1.807, 2.05) is 6.07 Å². The Morgan fingerprint density at radius 1 is 1.37 bits per heavy atom. The lowest BCUT2D eigenvalue weighted by Gasteiger charge is -2.28. The van der Waals surface area contributed by atoms with E-state index < -0.39 is 5.92 Å². The zero-order valence-corrected chi connectivity index (χ0v) is 15.6. The fourth-order valence-electron chi connectivity index (χ4n) is 3.93. The second-order valence-electron chi connectivity index (χ2n) is 7.19. The van der Waals surface area contributed by atoms with Gasteiger partial charge >= 0.3 is 0 Å². The molecule has 1 aliphatic heterocycles. The Morgan fingerprint density at radius 2 is 2.19 bits per heavy atom. The Kier molecular flexibility index (Phi) is 4.59. The number of carbonyl (C=O) groups excluding carboxylic acids is 2. The van der Waals surface area contributed by atoms with Crippen LogP contribution in [0.2, 0.25) is 0 Å². The number of hydrogen-bond donors (Lipinski definition) is 1. The molecule has 1 N–H and O–H groups in total. The van der Waals surface area contributed by atoms with Crippen molar-refractivity contribution < 1.29 is 18.8 Å². The van der Waals surface area contributed by atoms with Gasteiger partial charge in [0.2, 0.25) is 11.8 Å². The molecule has 0 bridgehead atoms. The van der Waals surface area contributed by atoms with Crippen LogP contribution >= 0.6 is 0 Å². The highest BCUT2D eigenvalue weighted by molar-refractivity contribution is 6.01. The molecule has 7 heteroatoms. The molecule has 1 aromatic carbocycles. The van der Waals surface area contributed by atoms with E-state index >= 15 is 0 Å². The van der Waals surface area contributed by atoms with Gasteiger partial charge in [0.05, 0.1) is 19.6 Å². The van der Waals surface area contributed by atoms with Crippen molar-refractivity contribution in [2.24, 2.45) is 0 Å². The number of fused-ring (bicyclic) bond motifs is 2. The zero-order chi connectivity index (χ0) is 19.0. The SMILES string of the molecule is COc1ccc2c(c1)C(C(=O)N(C)Cc1noc3c1CCCC3)CC(=O)N2. The first-order chi connectivity index (χ1) is 13.1. The maximum absolute atomic E-state index is 13.1. The second-order valence-corrected chi connectivity index (χ2v) is 7.19. The Balaban J connectivity index is 1.57. The lowest BCUT2D eigenvalue weighted by molar-refractivity contribution is -0.134. The third kappa shape index (κ3) is 3.29. The topological polar surface area (TPSA) is 84.7 Å². The highest BCUT2D eigenvalue weighted by Crippen LogP contribution is 2.36. The lowest BCUT2D eigenvalue weighted by Crippen LogP contribution is -2.36. The number of amides is 2. The van der Waals surface area contributed by atoms with E-state index in [4.69, 9.17) is 9.26 Å². The minimum absolute atomic E-state index is 0.105. The predicted molar refractivity (Wildman–Crippen MR) is 98.6 cm³/mol. The van der Waals surface area contributed by atoms with Crippen LogP contribution < -0.4 is 10.1 Å². The molecule has 1 atom stereocenters. The number of methoxy groups -OCH3 is 1. The average Bonchev–Trinajstić information content (AvgIpc) is 3.09. The number of carbonyl (C=O) groups is 2. The van der Waals surface area contributed by atoms with Crippen LogP contribution in [0.25, 0.3) is 0 Å². The molecule has 1 aromatic heterocycles. The van der Waals surface area contributed by atoms with Gasteiger partial charge in [0.15, 0.2) is 0 Å². The molecule has 4 rings (SSSR count). The van der Waals surface area contributed by atoms with Crippen LogP contribution in [0.3, 0.4) is 0 Å². The quantitative estimate of drug-likeness (QED) is 0.896. The summed E-state index contributed by atoms with van der Waals surface area (Å²) < 4.78 is 10.7. The first kappa shape index (κ1) is 17.6. The van der Waals surface area contributed by atoms with E-state index in [1.54, 1.807) is 31.2 Å². The molecule has 2 aromatic rings. The number of aromatic nitrogens is 1. The molecular formula is C20H23N3O4. The molecule has 7 nitrogen and oxygen atoms in total. The molecule has 2 aliphatic rings. The summed E-state index contributed by atoms with van der Waals surface area (Å²) in [4.78, 5) is 26.9. The molecule has 0 radical (unpaired) electrons. The van der Waals surface area contributed by atoms with Crippen LogP contribution in [0.5, 0.6) is 5.75 Å². The standard InChI is InChI=1S/C20H23N3O4/c1-23(11-17-13-5-3-4-6-18(13)27-22-17)20(25)15-10-19(24)21-16-8-7-12(26-2)9-14(15)16/h7-9,15H,3-6,10-11H2,1-2H3,(H,21,24). The maximum atomic E-state index is 13.1. The zero-order valence-electron chi connectivity index (χ0n) is 15.6. The minimum Gasteiger partial charge on any atom is -0.497 e. The van der Waals surface area contributed by atoms with Crippen molar-refractivity contribution in [1.29, 1.82) is 0 Å². The van der Waals surface area contributed by atoms with Crippen LogP contribution in [-0.4, -0.2) is 36.0 Å². The summed E-state index contributed by atoms with van der Waals surface area (Å²) in [7, 11) is 3.33. The summed E-state index contributed by atoms with van der Waals surface area (Å²) in [6.07, 6.45) is 4.22. The Labute approximate surface area is 157 Å². The monoisotopic (exact) mass is 369 g/mol. The van der Waals surface area contributed by atoms with Crippen molar-refractivity contribution in [3.63, 3.8) is 0 Å². The third-order valence-corrected chi connectivity index (χ3v) is 5.39. The van der Waals surface area contributed by atoms with Crippen LogP contribution in [-0.2, 0) is 29.0 Å². The minimum atomic E-state index is -0.531. The molecule has 27 heavy (non-hydrogen) atoms. The van der Waals surface area contributed by atoms with Gasteiger partial charge in [-0.05, 0) is 43.0 Å². The number of nitrogens with one attached hydrogen (secondary N) is 1. The molecule has 1 unspecified atom stereocenters. The van der Waals surface area contributed by atoms with Gasteiger partial charge in [-0.15, -0.1) is 0 Å². The molecular weight excluding hydrogens is 346 g/mol.